The fraction of sp³-hybridized carbons (Fsp3) is 0.533. The topological polar surface area (TPSA) is 57.7 Å². The Labute approximate surface area is 135 Å². The molecule has 0 unspecified atom stereocenters. The van der Waals surface area contributed by atoms with E-state index in [1.165, 1.54) is 16.1 Å². The van der Waals surface area contributed by atoms with E-state index in [-0.39, 0.29) is 10.8 Å². The van der Waals surface area contributed by atoms with E-state index in [0.29, 0.717) is 11.6 Å². The largest absolute Gasteiger partial charge is 0.341 e. The Morgan fingerprint density at radius 2 is 1.82 bits per heavy atom. The van der Waals surface area contributed by atoms with Gasteiger partial charge in [-0.05, 0) is 31.9 Å². The zero-order valence-corrected chi connectivity index (χ0v) is 14.2. The van der Waals surface area contributed by atoms with Crippen LogP contribution in [0.5, 0.6) is 0 Å². The van der Waals surface area contributed by atoms with Gasteiger partial charge in [-0.1, -0.05) is 17.7 Å². The summed E-state index contributed by atoms with van der Waals surface area (Å²) in [6.45, 7) is 3.42. The van der Waals surface area contributed by atoms with Crippen LogP contribution in [0.3, 0.4) is 0 Å². The van der Waals surface area contributed by atoms with Crippen molar-refractivity contribution in [3.8, 4) is 0 Å². The Hall–Kier alpha value is -1.05. The standard InChI is InChI=1S/C15H20N2O3S2/c1-12-4-6-13(7-5-12)22(19,20)17-11-21-10-14(17)15(18)16-8-2-3-9-16/h4-7,14H,2-3,8-11H2,1H3/t14-/m0/s1. The minimum absolute atomic E-state index is 0.0433. The molecule has 3 rings (SSSR count). The molecule has 5 nitrogen and oxygen atoms in total. The molecule has 0 radical (unpaired) electrons. The van der Waals surface area contributed by atoms with Crippen molar-refractivity contribution in [3.63, 3.8) is 0 Å². The lowest BCUT2D eigenvalue weighted by atomic mass is 10.2. The van der Waals surface area contributed by atoms with Crippen LogP contribution in [0, 0.1) is 6.92 Å². The van der Waals surface area contributed by atoms with Crippen molar-refractivity contribution in [2.24, 2.45) is 0 Å². The summed E-state index contributed by atoms with van der Waals surface area (Å²) in [4.78, 5) is 14.7. The number of carbonyl (C=O) groups is 1. The zero-order chi connectivity index (χ0) is 15.7. The molecule has 0 bridgehead atoms. The molecule has 2 heterocycles. The number of hydrogen-bond donors (Lipinski definition) is 0. The summed E-state index contributed by atoms with van der Waals surface area (Å²) in [7, 11) is -3.61. The number of nitrogens with zero attached hydrogens (tertiary/aromatic N) is 2. The lowest BCUT2D eigenvalue weighted by molar-refractivity contribution is -0.133. The molecule has 1 atom stereocenters. The van der Waals surface area contributed by atoms with Crippen LogP contribution in [-0.2, 0) is 14.8 Å². The molecule has 0 saturated carbocycles. The maximum atomic E-state index is 12.8. The molecule has 1 aromatic carbocycles. The molecule has 120 valence electrons. The average Bonchev–Trinajstić information content (AvgIpc) is 3.19. The second kappa shape index (κ2) is 6.22. The normalized spacial score (nSPS) is 23.1. The summed E-state index contributed by atoms with van der Waals surface area (Å²) in [6, 6.07) is 6.24. The van der Waals surface area contributed by atoms with Crippen LogP contribution < -0.4 is 0 Å². The Morgan fingerprint density at radius 3 is 2.45 bits per heavy atom. The van der Waals surface area contributed by atoms with E-state index in [1.54, 1.807) is 29.2 Å². The van der Waals surface area contributed by atoms with E-state index in [2.05, 4.69) is 0 Å². The first-order chi connectivity index (χ1) is 10.5. The van der Waals surface area contributed by atoms with Crippen molar-refractivity contribution in [3.05, 3.63) is 29.8 Å². The minimum atomic E-state index is -3.61. The van der Waals surface area contributed by atoms with Gasteiger partial charge in [0, 0.05) is 18.8 Å². The van der Waals surface area contributed by atoms with E-state index >= 15 is 0 Å². The second-order valence-corrected chi connectivity index (χ2v) is 8.64. The lowest BCUT2D eigenvalue weighted by Crippen LogP contribution is -2.48. The van der Waals surface area contributed by atoms with Gasteiger partial charge in [0.15, 0.2) is 0 Å². The molecule has 0 spiro atoms. The summed E-state index contributed by atoms with van der Waals surface area (Å²) in [6.07, 6.45) is 2.02. The summed E-state index contributed by atoms with van der Waals surface area (Å²) in [5, 5.41) is 0. The lowest BCUT2D eigenvalue weighted by Gasteiger charge is -2.26. The van der Waals surface area contributed by atoms with Gasteiger partial charge < -0.3 is 4.90 Å². The van der Waals surface area contributed by atoms with Gasteiger partial charge in [0.1, 0.15) is 6.04 Å². The highest BCUT2D eigenvalue weighted by molar-refractivity contribution is 8.00. The highest BCUT2D eigenvalue weighted by atomic mass is 32.2. The van der Waals surface area contributed by atoms with Gasteiger partial charge in [0.25, 0.3) is 0 Å². The Morgan fingerprint density at radius 1 is 1.18 bits per heavy atom. The number of hydrogen-bond acceptors (Lipinski definition) is 4. The van der Waals surface area contributed by atoms with E-state index in [1.807, 2.05) is 6.92 Å². The quantitative estimate of drug-likeness (QED) is 0.840. The fourth-order valence-electron chi connectivity index (χ4n) is 2.85. The number of thioether (sulfide) groups is 1. The van der Waals surface area contributed by atoms with Gasteiger partial charge in [-0.3, -0.25) is 4.79 Å². The predicted octanol–water partition coefficient (Wildman–Crippen LogP) is 1.68. The number of aryl methyl sites for hydroxylation is 1. The van der Waals surface area contributed by atoms with Crippen molar-refractivity contribution in [2.75, 3.05) is 24.7 Å². The summed E-state index contributed by atoms with van der Waals surface area (Å²) in [5.41, 5.74) is 1.01. The van der Waals surface area contributed by atoms with E-state index in [9.17, 15) is 13.2 Å². The third kappa shape index (κ3) is 2.89. The van der Waals surface area contributed by atoms with Gasteiger partial charge >= 0.3 is 0 Å². The molecule has 2 saturated heterocycles. The van der Waals surface area contributed by atoms with Crippen molar-refractivity contribution in [1.29, 1.82) is 0 Å². The molecule has 2 aliphatic heterocycles. The van der Waals surface area contributed by atoms with Crippen LogP contribution >= 0.6 is 11.8 Å². The van der Waals surface area contributed by atoms with Crippen LogP contribution in [0.1, 0.15) is 18.4 Å². The third-order valence-electron chi connectivity index (χ3n) is 4.17. The Kier molecular flexibility index (Phi) is 4.47. The third-order valence-corrected chi connectivity index (χ3v) is 7.22. The number of carbonyl (C=O) groups excluding carboxylic acids is 1. The first kappa shape index (κ1) is 15.8. The fourth-order valence-corrected chi connectivity index (χ4v) is 5.99. The first-order valence-corrected chi connectivity index (χ1v) is 10.0. The maximum absolute atomic E-state index is 12.8. The monoisotopic (exact) mass is 340 g/mol. The molecule has 7 heteroatoms. The highest BCUT2D eigenvalue weighted by Gasteiger charge is 2.42. The zero-order valence-electron chi connectivity index (χ0n) is 12.6. The molecule has 1 amide bonds. The van der Waals surface area contributed by atoms with Gasteiger partial charge in [0.2, 0.25) is 15.9 Å². The second-order valence-electron chi connectivity index (χ2n) is 5.75. The molecule has 22 heavy (non-hydrogen) atoms. The Bertz CT molecular complexity index is 652. The number of benzene rings is 1. The molecule has 1 aromatic rings. The van der Waals surface area contributed by atoms with E-state index in [4.69, 9.17) is 0 Å². The SMILES string of the molecule is Cc1ccc(S(=O)(=O)N2CSC[C@H]2C(=O)N2CCCC2)cc1. The highest BCUT2D eigenvalue weighted by Crippen LogP contribution is 2.30. The number of rotatable bonds is 3. The van der Waals surface area contributed by atoms with Crippen molar-refractivity contribution in [1.82, 2.24) is 9.21 Å². The number of sulfonamides is 1. The maximum Gasteiger partial charge on any atom is 0.244 e. The van der Waals surface area contributed by atoms with E-state index < -0.39 is 16.1 Å². The molecule has 0 N–H and O–H groups in total. The molecule has 0 aromatic heterocycles. The van der Waals surface area contributed by atoms with Crippen LogP contribution in [-0.4, -0.2) is 54.3 Å². The van der Waals surface area contributed by atoms with Crippen LogP contribution in [0.15, 0.2) is 29.2 Å². The molecule has 2 aliphatic rings. The molecule has 2 fully saturated rings. The van der Waals surface area contributed by atoms with E-state index in [0.717, 1.165) is 31.5 Å². The number of amides is 1. The van der Waals surface area contributed by atoms with Crippen molar-refractivity contribution < 1.29 is 13.2 Å². The summed E-state index contributed by atoms with van der Waals surface area (Å²) < 4.78 is 27.0. The summed E-state index contributed by atoms with van der Waals surface area (Å²) >= 11 is 1.50. The van der Waals surface area contributed by atoms with Crippen LogP contribution in [0.4, 0.5) is 0 Å². The molecular formula is C15H20N2O3S2. The molecule has 0 aliphatic carbocycles. The van der Waals surface area contributed by atoms with Gasteiger partial charge in [-0.2, -0.15) is 4.31 Å². The van der Waals surface area contributed by atoms with Crippen LogP contribution in [0.25, 0.3) is 0 Å². The van der Waals surface area contributed by atoms with Gasteiger partial charge in [0.05, 0.1) is 10.8 Å². The molecular weight excluding hydrogens is 320 g/mol. The predicted molar refractivity (Wildman–Crippen MR) is 87.1 cm³/mol. The minimum Gasteiger partial charge on any atom is -0.341 e. The van der Waals surface area contributed by atoms with Crippen molar-refractivity contribution in [2.45, 2.75) is 30.7 Å². The smallest absolute Gasteiger partial charge is 0.244 e. The summed E-state index contributed by atoms with van der Waals surface area (Å²) in [5.74, 6) is 0.846. The van der Waals surface area contributed by atoms with Crippen molar-refractivity contribution >= 4 is 27.7 Å². The first-order valence-electron chi connectivity index (χ1n) is 7.45. The van der Waals surface area contributed by atoms with Crippen LogP contribution in [0.2, 0.25) is 0 Å². The Balaban J connectivity index is 1.85. The number of likely N-dealkylation sites (tertiary alicyclic amines) is 1. The average molecular weight is 340 g/mol. The van der Waals surface area contributed by atoms with Gasteiger partial charge in [-0.15, -0.1) is 11.8 Å². The van der Waals surface area contributed by atoms with Gasteiger partial charge in [-0.25, -0.2) is 8.42 Å².